The molecule has 1 amide bonds. The van der Waals surface area contributed by atoms with E-state index in [0.29, 0.717) is 6.42 Å². The van der Waals surface area contributed by atoms with E-state index < -0.39 is 0 Å². The summed E-state index contributed by atoms with van der Waals surface area (Å²) >= 11 is 0. The van der Waals surface area contributed by atoms with Crippen LogP contribution in [0.5, 0.6) is 0 Å². The molecule has 16 heavy (non-hydrogen) atoms. The molecule has 0 N–H and O–H groups in total. The zero-order valence-electron chi connectivity index (χ0n) is 10.2. The molecule has 90 valence electrons. The van der Waals surface area contributed by atoms with Gasteiger partial charge in [0, 0.05) is 13.0 Å². The first kappa shape index (κ1) is 13.0. The Bertz CT molecular complexity index is 251. The molecule has 0 heterocycles. The number of nitrogens with zero attached hydrogens (tertiary/aromatic N) is 2. The summed E-state index contributed by atoms with van der Waals surface area (Å²) in [5.41, 5.74) is 0. The van der Waals surface area contributed by atoms with Gasteiger partial charge in [0.2, 0.25) is 5.91 Å². The van der Waals surface area contributed by atoms with Crippen molar-refractivity contribution in [3.8, 4) is 6.07 Å². The van der Waals surface area contributed by atoms with Crippen molar-refractivity contribution in [3.63, 3.8) is 0 Å². The first-order valence-electron chi connectivity index (χ1n) is 6.42. The van der Waals surface area contributed by atoms with Crippen LogP contribution in [0.4, 0.5) is 0 Å². The van der Waals surface area contributed by atoms with Gasteiger partial charge in [-0.1, -0.05) is 32.6 Å². The van der Waals surface area contributed by atoms with E-state index in [0.717, 1.165) is 25.3 Å². The second-order valence-corrected chi connectivity index (χ2v) is 4.66. The largest absolute Gasteiger partial charge is 0.329 e. The number of rotatable bonds is 6. The fourth-order valence-electron chi connectivity index (χ4n) is 2.43. The van der Waals surface area contributed by atoms with E-state index in [9.17, 15) is 4.79 Å². The highest BCUT2D eigenvalue weighted by Crippen LogP contribution is 2.28. The molecule has 0 aromatic carbocycles. The maximum Gasteiger partial charge on any atom is 0.223 e. The van der Waals surface area contributed by atoms with Crippen molar-refractivity contribution in [2.24, 2.45) is 5.92 Å². The Hall–Kier alpha value is -1.04. The number of hydrogen-bond donors (Lipinski definition) is 0. The maximum absolute atomic E-state index is 11.9. The van der Waals surface area contributed by atoms with E-state index in [1.165, 1.54) is 25.7 Å². The number of carbonyl (C=O) groups excluding carboxylic acids is 1. The van der Waals surface area contributed by atoms with Crippen LogP contribution in [0.15, 0.2) is 0 Å². The average molecular weight is 222 g/mol. The minimum atomic E-state index is 0.162. The molecule has 1 rings (SSSR count). The second-order valence-electron chi connectivity index (χ2n) is 4.66. The molecule has 0 aromatic heterocycles. The molecule has 0 aromatic rings. The van der Waals surface area contributed by atoms with Gasteiger partial charge < -0.3 is 4.90 Å². The highest BCUT2D eigenvalue weighted by atomic mass is 16.2. The first-order valence-corrected chi connectivity index (χ1v) is 6.42. The molecule has 0 spiro atoms. The van der Waals surface area contributed by atoms with Crippen LogP contribution in [-0.2, 0) is 4.79 Å². The molecule has 1 aliphatic carbocycles. The van der Waals surface area contributed by atoms with Crippen LogP contribution in [0.2, 0.25) is 0 Å². The molecular weight excluding hydrogens is 200 g/mol. The van der Waals surface area contributed by atoms with E-state index in [1.54, 1.807) is 4.90 Å². The van der Waals surface area contributed by atoms with Crippen molar-refractivity contribution in [3.05, 3.63) is 0 Å². The van der Waals surface area contributed by atoms with Gasteiger partial charge in [0.1, 0.15) is 6.54 Å². The SMILES string of the molecule is CCCN(CC#N)C(=O)CCC1CCCC1. The zero-order valence-corrected chi connectivity index (χ0v) is 10.2. The fraction of sp³-hybridized carbons (Fsp3) is 0.846. The van der Waals surface area contributed by atoms with Crippen LogP contribution in [0, 0.1) is 17.2 Å². The van der Waals surface area contributed by atoms with Gasteiger partial charge in [0.25, 0.3) is 0 Å². The van der Waals surface area contributed by atoms with E-state index in [1.807, 2.05) is 6.92 Å². The van der Waals surface area contributed by atoms with Crippen LogP contribution in [0.1, 0.15) is 51.9 Å². The third-order valence-corrected chi connectivity index (χ3v) is 3.35. The quantitative estimate of drug-likeness (QED) is 0.648. The molecule has 0 saturated heterocycles. The van der Waals surface area contributed by atoms with E-state index in [2.05, 4.69) is 6.07 Å². The monoisotopic (exact) mass is 222 g/mol. The number of carbonyl (C=O) groups is 1. The molecule has 0 unspecified atom stereocenters. The molecule has 1 fully saturated rings. The highest BCUT2D eigenvalue weighted by molar-refractivity contribution is 5.76. The fourth-order valence-corrected chi connectivity index (χ4v) is 2.43. The summed E-state index contributed by atoms with van der Waals surface area (Å²) < 4.78 is 0. The summed E-state index contributed by atoms with van der Waals surface area (Å²) in [6.07, 6.45) is 7.82. The summed E-state index contributed by atoms with van der Waals surface area (Å²) in [5, 5.41) is 8.65. The third kappa shape index (κ3) is 4.22. The summed E-state index contributed by atoms with van der Waals surface area (Å²) in [6, 6.07) is 2.07. The Labute approximate surface area is 98.4 Å². The van der Waals surface area contributed by atoms with Crippen LogP contribution in [0.25, 0.3) is 0 Å². The van der Waals surface area contributed by atoms with Crippen molar-refractivity contribution in [1.29, 1.82) is 5.26 Å². The Morgan fingerprint density at radius 1 is 1.44 bits per heavy atom. The molecule has 0 bridgehead atoms. The van der Waals surface area contributed by atoms with Crippen LogP contribution in [-0.4, -0.2) is 23.9 Å². The van der Waals surface area contributed by atoms with Gasteiger partial charge in [-0.15, -0.1) is 0 Å². The number of hydrogen-bond acceptors (Lipinski definition) is 2. The lowest BCUT2D eigenvalue weighted by molar-refractivity contribution is -0.130. The van der Waals surface area contributed by atoms with Crippen molar-refractivity contribution in [2.75, 3.05) is 13.1 Å². The lowest BCUT2D eigenvalue weighted by atomic mass is 10.0. The predicted octanol–water partition coefficient (Wildman–Crippen LogP) is 2.72. The lowest BCUT2D eigenvalue weighted by Gasteiger charge is -2.19. The third-order valence-electron chi connectivity index (χ3n) is 3.35. The molecular formula is C13H22N2O. The normalized spacial score (nSPS) is 16.0. The standard InChI is InChI=1S/C13H22N2O/c1-2-10-15(11-9-14)13(16)8-7-12-5-3-4-6-12/h12H,2-8,10-11H2,1H3. The predicted molar refractivity (Wildman–Crippen MR) is 63.7 cm³/mol. The highest BCUT2D eigenvalue weighted by Gasteiger charge is 2.18. The zero-order chi connectivity index (χ0) is 11.8. The molecule has 0 aliphatic heterocycles. The Morgan fingerprint density at radius 2 is 2.12 bits per heavy atom. The Kier molecular flexibility index (Phi) is 5.92. The van der Waals surface area contributed by atoms with Gasteiger partial charge in [-0.25, -0.2) is 0 Å². The average Bonchev–Trinajstić information content (AvgIpc) is 2.78. The van der Waals surface area contributed by atoms with Crippen LogP contribution < -0.4 is 0 Å². The first-order chi connectivity index (χ1) is 7.77. The number of amides is 1. The molecule has 3 nitrogen and oxygen atoms in total. The second kappa shape index (κ2) is 7.27. The van der Waals surface area contributed by atoms with Crippen molar-refractivity contribution < 1.29 is 4.79 Å². The van der Waals surface area contributed by atoms with Crippen molar-refractivity contribution >= 4 is 5.91 Å². The topological polar surface area (TPSA) is 44.1 Å². The molecule has 0 radical (unpaired) electrons. The summed E-state index contributed by atoms with van der Waals surface area (Å²) in [6.45, 7) is 3.00. The van der Waals surface area contributed by atoms with Crippen LogP contribution >= 0.6 is 0 Å². The van der Waals surface area contributed by atoms with Gasteiger partial charge in [-0.05, 0) is 18.8 Å². The summed E-state index contributed by atoms with van der Waals surface area (Å²) in [7, 11) is 0. The molecule has 0 atom stereocenters. The molecule has 1 saturated carbocycles. The minimum Gasteiger partial charge on any atom is -0.329 e. The van der Waals surface area contributed by atoms with E-state index >= 15 is 0 Å². The van der Waals surface area contributed by atoms with Gasteiger partial charge >= 0.3 is 0 Å². The van der Waals surface area contributed by atoms with E-state index in [-0.39, 0.29) is 12.5 Å². The summed E-state index contributed by atoms with van der Waals surface area (Å²) in [5.74, 6) is 0.921. The lowest BCUT2D eigenvalue weighted by Crippen LogP contribution is -2.32. The maximum atomic E-state index is 11.9. The van der Waals surface area contributed by atoms with Crippen LogP contribution in [0.3, 0.4) is 0 Å². The molecule has 3 heteroatoms. The van der Waals surface area contributed by atoms with Gasteiger partial charge in [0.05, 0.1) is 6.07 Å². The molecule has 1 aliphatic rings. The van der Waals surface area contributed by atoms with Gasteiger partial charge in [0.15, 0.2) is 0 Å². The smallest absolute Gasteiger partial charge is 0.223 e. The van der Waals surface area contributed by atoms with Crippen molar-refractivity contribution in [2.45, 2.75) is 51.9 Å². The summed E-state index contributed by atoms with van der Waals surface area (Å²) in [4.78, 5) is 13.5. The van der Waals surface area contributed by atoms with Crippen molar-refractivity contribution in [1.82, 2.24) is 4.90 Å². The minimum absolute atomic E-state index is 0.162. The Morgan fingerprint density at radius 3 is 2.69 bits per heavy atom. The Balaban J connectivity index is 2.27. The van der Waals surface area contributed by atoms with Gasteiger partial charge in [-0.3, -0.25) is 4.79 Å². The van der Waals surface area contributed by atoms with E-state index in [4.69, 9.17) is 5.26 Å². The number of nitriles is 1. The van der Waals surface area contributed by atoms with Gasteiger partial charge in [-0.2, -0.15) is 5.26 Å².